The van der Waals surface area contributed by atoms with Crippen LogP contribution in [0.25, 0.3) is 0 Å². The first kappa shape index (κ1) is 23.9. The Bertz CT molecular complexity index is 921. The van der Waals surface area contributed by atoms with Crippen LogP contribution in [0.4, 0.5) is 10.1 Å². The molecule has 2 amide bonds. The Balaban J connectivity index is 1.71. The lowest BCUT2D eigenvalue weighted by atomic mass is 9.88. The van der Waals surface area contributed by atoms with Crippen molar-refractivity contribution in [2.45, 2.75) is 52.5 Å². The molecule has 0 atom stereocenters. The molecule has 0 radical (unpaired) electrons. The van der Waals surface area contributed by atoms with Gasteiger partial charge in [-0.25, -0.2) is 4.39 Å². The SMILES string of the molecule is CC(C)(CN)CN(Cc1ccc(NC(=O)C2CCCCC2)cc1)C(=O)c1cccc(F)c1. The number of nitrogens with one attached hydrogen (secondary N) is 1. The highest BCUT2D eigenvalue weighted by Gasteiger charge is 2.25. The van der Waals surface area contributed by atoms with Crippen molar-refractivity contribution in [1.29, 1.82) is 0 Å². The van der Waals surface area contributed by atoms with E-state index in [0.717, 1.165) is 36.9 Å². The van der Waals surface area contributed by atoms with Crippen molar-refractivity contribution >= 4 is 17.5 Å². The fourth-order valence-electron chi connectivity index (χ4n) is 4.11. The summed E-state index contributed by atoms with van der Waals surface area (Å²) in [6, 6.07) is 13.3. The molecule has 3 N–H and O–H groups in total. The van der Waals surface area contributed by atoms with E-state index in [9.17, 15) is 14.0 Å². The van der Waals surface area contributed by atoms with E-state index in [2.05, 4.69) is 5.32 Å². The highest BCUT2D eigenvalue weighted by molar-refractivity contribution is 5.94. The van der Waals surface area contributed by atoms with Crippen LogP contribution >= 0.6 is 0 Å². The van der Waals surface area contributed by atoms with Gasteiger partial charge in [-0.05, 0) is 60.7 Å². The molecular weight excluding hydrogens is 405 g/mol. The first-order valence-electron chi connectivity index (χ1n) is 11.4. The smallest absolute Gasteiger partial charge is 0.254 e. The number of benzene rings is 2. The van der Waals surface area contributed by atoms with Crippen molar-refractivity contribution in [3.05, 3.63) is 65.5 Å². The van der Waals surface area contributed by atoms with E-state index in [1.807, 2.05) is 38.1 Å². The van der Waals surface area contributed by atoms with Gasteiger partial charge < -0.3 is 16.0 Å². The lowest BCUT2D eigenvalue weighted by Gasteiger charge is -2.32. The monoisotopic (exact) mass is 439 g/mol. The fraction of sp³-hybridized carbons (Fsp3) is 0.462. The molecule has 2 aromatic rings. The highest BCUT2D eigenvalue weighted by atomic mass is 19.1. The second-order valence-electron chi connectivity index (χ2n) is 9.56. The highest BCUT2D eigenvalue weighted by Crippen LogP contribution is 2.25. The van der Waals surface area contributed by atoms with Gasteiger partial charge in [-0.2, -0.15) is 0 Å². The average molecular weight is 440 g/mol. The second kappa shape index (κ2) is 10.7. The standard InChI is InChI=1S/C26H34FN3O2/c1-26(2,17-28)18-30(25(32)21-9-6-10-22(27)15-21)16-19-11-13-23(14-12-19)29-24(31)20-7-4-3-5-8-20/h6,9-15,20H,3-5,7-8,16-18,28H2,1-2H3,(H,29,31). The topological polar surface area (TPSA) is 75.4 Å². The number of halogens is 1. The molecular formula is C26H34FN3O2. The molecule has 1 aliphatic rings. The van der Waals surface area contributed by atoms with E-state index in [0.29, 0.717) is 25.2 Å². The molecule has 172 valence electrons. The number of hydrogen-bond donors (Lipinski definition) is 2. The molecule has 1 fully saturated rings. The zero-order chi connectivity index (χ0) is 23.1. The second-order valence-corrected chi connectivity index (χ2v) is 9.56. The number of nitrogens with two attached hydrogens (primary N) is 1. The van der Waals surface area contributed by atoms with Crippen LogP contribution in [-0.2, 0) is 11.3 Å². The Morgan fingerprint density at radius 3 is 2.41 bits per heavy atom. The van der Waals surface area contributed by atoms with E-state index >= 15 is 0 Å². The maximum absolute atomic E-state index is 13.7. The Morgan fingerprint density at radius 1 is 1.09 bits per heavy atom. The van der Waals surface area contributed by atoms with Crippen LogP contribution in [0, 0.1) is 17.2 Å². The zero-order valence-corrected chi connectivity index (χ0v) is 19.1. The molecule has 0 saturated heterocycles. The summed E-state index contributed by atoms with van der Waals surface area (Å²) in [5.41, 5.74) is 7.62. The Hall–Kier alpha value is -2.73. The van der Waals surface area contributed by atoms with Gasteiger partial charge >= 0.3 is 0 Å². The largest absolute Gasteiger partial charge is 0.334 e. The fourth-order valence-corrected chi connectivity index (χ4v) is 4.11. The molecule has 0 aliphatic heterocycles. The zero-order valence-electron chi connectivity index (χ0n) is 19.1. The first-order chi connectivity index (χ1) is 15.3. The average Bonchev–Trinajstić information content (AvgIpc) is 2.80. The number of amides is 2. The summed E-state index contributed by atoms with van der Waals surface area (Å²) in [5.74, 6) is -0.487. The van der Waals surface area contributed by atoms with Gasteiger partial charge in [-0.1, -0.05) is 51.3 Å². The van der Waals surface area contributed by atoms with Crippen molar-refractivity contribution in [3.63, 3.8) is 0 Å². The van der Waals surface area contributed by atoms with Crippen LogP contribution in [-0.4, -0.2) is 29.8 Å². The number of anilines is 1. The van der Waals surface area contributed by atoms with Gasteiger partial charge in [-0.3, -0.25) is 9.59 Å². The van der Waals surface area contributed by atoms with Gasteiger partial charge in [0.1, 0.15) is 5.82 Å². The number of carbonyl (C=O) groups is 2. The third-order valence-electron chi connectivity index (χ3n) is 6.10. The summed E-state index contributed by atoms with van der Waals surface area (Å²) in [5, 5.41) is 3.02. The number of rotatable bonds is 8. The molecule has 0 spiro atoms. The molecule has 0 aromatic heterocycles. The third-order valence-corrected chi connectivity index (χ3v) is 6.10. The molecule has 1 aliphatic carbocycles. The summed E-state index contributed by atoms with van der Waals surface area (Å²) >= 11 is 0. The van der Waals surface area contributed by atoms with E-state index in [4.69, 9.17) is 5.73 Å². The molecule has 2 aromatic carbocycles. The molecule has 5 nitrogen and oxygen atoms in total. The van der Waals surface area contributed by atoms with Crippen LogP contribution < -0.4 is 11.1 Å². The van der Waals surface area contributed by atoms with E-state index in [-0.39, 0.29) is 23.1 Å². The predicted octanol–water partition coefficient (Wildman–Crippen LogP) is 4.97. The van der Waals surface area contributed by atoms with Gasteiger partial charge in [0, 0.05) is 30.3 Å². The molecule has 0 unspecified atom stereocenters. The Labute approximate surface area is 190 Å². The molecule has 0 heterocycles. The van der Waals surface area contributed by atoms with Gasteiger partial charge in [0.05, 0.1) is 0 Å². The van der Waals surface area contributed by atoms with Crippen molar-refractivity contribution in [1.82, 2.24) is 4.90 Å². The van der Waals surface area contributed by atoms with Crippen molar-refractivity contribution in [2.75, 3.05) is 18.4 Å². The Morgan fingerprint density at radius 2 is 1.78 bits per heavy atom. The summed E-state index contributed by atoms with van der Waals surface area (Å²) in [4.78, 5) is 27.3. The van der Waals surface area contributed by atoms with Crippen LogP contribution in [0.2, 0.25) is 0 Å². The summed E-state index contributed by atoms with van der Waals surface area (Å²) in [7, 11) is 0. The van der Waals surface area contributed by atoms with Crippen LogP contribution in [0.1, 0.15) is 61.9 Å². The maximum Gasteiger partial charge on any atom is 0.254 e. The molecule has 6 heteroatoms. The normalized spacial score (nSPS) is 14.8. The number of hydrogen-bond acceptors (Lipinski definition) is 3. The van der Waals surface area contributed by atoms with E-state index in [1.54, 1.807) is 17.0 Å². The number of nitrogens with zero attached hydrogens (tertiary/aromatic N) is 1. The van der Waals surface area contributed by atoms with Crippen LogP contribution in [0.3, 0.4) is 0 Å². The van der Waals surface area contributed by atoms with Gasteiger partial charge in [0.25, 0.3) is 5.91 Å². The van der Waals surface area contributed by atoms with Crippen molar-refractivity contribution < 1.29 is 14.0 Å². The van der Waals surface area contributed by atoms with Gasteiger partial charge in [0.2, 0.25) is 5.91 Å². The van der Waals surface area contributed by atoms with Gasteiger partial charge in [-0.15, -0.1) is 0 Å². The third kappa shape index (κ3) is 6.63. The predicted molar refractivity (Wildman–Crippen MR) is 126 cm³/mol. The van der Waals surface area contributed by atoms with E-state index in [1.165, 1.54) is 18.6 Å². The lowest BCUT2D eigenvalue weighted by Crippen LogP contribution is -2.41. The Kier molecular flexibility index (Phi) is 8.02. The maximum atomic E-state index is 13.7. The number of carbonyl (C=O) groups excluding carboxylic acids is 2. The minimum Gasteiger partial charge on any atom is -0.334 e. The lowest BCUT2D eigenvalue weighted by molar-refractivity contribution is -0.120. The first-order valence-corrected chi connectivity index (χ1v) is 11.4. The van der Waals surface area contributed by atoms with Crippen LogP contribution in [0.15, 0.2) is 48.5 Å². The molecule has 0 bridgehead atoms. The van der Waals surface area contributed by atoms with Crippen LogP contribution in [0.5, 0.6) is 0 Å². The van der Waals surface area contributed by atoms with E-state index < -0.39 is 5.82 Å². The summed E-state index contributed by atoms with van der Waals surface area (Å²) < 4.78 is 13.7. The minimum absolute atomic E-state index is 0.0880. The molecule has 3 rings (SSSR count). The summed E-state index contributed by atoms with van der Waals surface area (Å²) in [6.45, 7) is 5.24. The molecule has 32 heavy (non-hydrogen) atoms. The molecule has 1 saturated carbocycles. The quantitative estimate of drug-likeness (QED) is 0.610. The summed E-state index contributed by atoms with van der Waals surface area (Å²) in [6.07, 6.45) is 5.36. The van der Waals surface area contributed by atoms with Gasteiger partial charge in [0.15, 0.2) is 0 Å². The van der Waals surface area contributed by atoms with Crippen molar-refractivity contribution in [3.8, 4) is 0 Å². The minimum atomic E-state index is -0.438. The van der Waals surface area contributed by atoms with Crippen molar-refractivity contribution in [2.24, 2.45) is 17.1 Å².